The Balaban J connectivity index is 2.51. The summed E-state index contributed by atoms with van der Waals surface area (Å²) in [6, 6.07) is 3.48. The average Bonchev–Trinajstić information content (AvgIpc) is 2.29. The van der Waals surface area contributed by atoms with Gasteiger partial charge in [0.15, 0.2) is 11.6 Å². The Labute approximate surface area is 92.0 Å². The van der Waals surface area contributed by atoms with Crippen LogP contribution in [0.15, 0.2) is 18.2 Å². The number of halogens is 2. The lowest BCUT2D eigenvalue weighted by Gasteiger charge is -2.15. The predicted molar refractivity (Wildman–Crippen MR) is 53.8 cm³/mol. The lowest BCUT2D eigenvalue weighted by molar-refractivity contribution is -0.0173. The van der Waals surface area contributed by atoms with E-state index in [1.807, 2.05) is 0 Å². The first-order valence-corrected chi connectivity index (χ1v) is 4.95. The molecule has 0 radical (unpaired) electrons. The van der Waals surface area contributed by atoms with Crippen molar-refractivity contribution in [1.82, 2.24) is 0 Å². The maximum absolute atomic E-state index is 12.8. The molecule has 1 aromatic carbocycles. The zero-order valence-corrected chi connectivity index (χ0v) is 8.61. The quantitative estimate of drug-likeness (QED) is 0.697. The topological polar surface area (TPSA) is 60.7 Å². The summed E-state index contributed by atoms with van der Waals surface area (Å²) in [5, 5.41) is 27.0. The first-order valence-electron chi connectivity index (χ1n) is 4.95. The number of aryl methyl sites for hydroxylation is 1. The van der Waals surface area contributed by atoms with Crippen LogP contribution in [-0.2, 0) is 6.42 Å². The third-order valence-corrected chi connectivity index (χ3v) is 2.34. The molecule has 0 aliphatic heterocycles. The van der Waals surface area contributed by atoms with Gasteiger partial charge in [-0.3, -0.25) is 0 Å². The molecule has 2 unspecified atom stereocenters. The van der Waals surface area contributed by atoms with E-state index >= 15 is 0 Å². The SMILES string of the molecule is OCC(O)C(O)CCc1ccc(F)c(F)c1. The highest BCUT2D eigenvalue weighted by molar-refractivity contribution is 5.17. The summed E-state index contributed by atoms with van der Waals surface area (Å²) in [7, 11) is 0. The van der Waals surface area contributed by atoms with Gasteiger partial charge in [0.25, 0.3) is 0 Å². The Morgan fingerprint density at radius 1 is 1.06 bits per heavy atom. The Hall–Kier alpha value is -1.04. The Kier molecular flexibility index (Phi) is 4.79. The van der Waals surface area contributed by atoms with Gasteiger partial charge in [-0.05, 0) is 30.5 Å². The molecule has 3 N–H and O–H groups in total. The average molecular weight is 232 g/mol. The lowest BCUT2D eigenvalue weighted by Crippen LogP contribution is -2.29. The number of rotatable bonds is 5. The van der Waals surface area contributed by atoms with Crippen molar-refractivity contribution in [1.29, 1.82) is 0 Å². The lowest BCUT2D eigenvalue weighted by atomic mass is 10.0. The van der Waals surface area contributed by atoms with Crippen molar-refractivity contribution < 1.29 is 24.1 Å². The highest BCUT2D eigenvalue weighted by Crippen LogP contribution is 2.12. The van der Waals surface area contributed by atoms with E-state index in [1.165, 1.54) is 6.07 Å². The smallest absolute Gasteiger partial charge is 0.159 e. The minimum atomic E-state index is -1.20. The molecule has 5 heteroatoms. The summed E-state index contributed by atoms with van der Waals surface area (Å²) in [6.07, 6.45) is -1.80. The molecule has 0 fully saturated rings. The largest absolute Gasteiger partial charge is 0.394 e. The van der Waals surface area contributed by atoms with Crippen LogP contribution in [0, 0.1) is 11.6 Å². The van der Waals surface area contributed by atoms with Gasteiger partial charge in [0.1, 0.15) is 6.10 Å². The van der Waals surface area contributed by atoms with Crippen molar-refractivity contribution in [2.24, 2.45) is 0 Å². The molecule has 1 rings (SSSR count). The van der Waals surface area contributed by atoms with Crippen LogP contribution in [0.2, 0.25) is 0 Å². The van der Waals surface area contributed by atoms with Gasteiger partial charge in [-0.2, -0.15) is 0 Å². The Morgan fingerprint density at radius 3 is 2.31 bits per heavy atom. The molecule has 1 aromatic rings. The van der Waals surface area contributed by atoms with Gasteiger partial charge >= 0.3 is 0 Å². The highest BCUT2D eigenvalue weighted by atomic mass is 19.2. The zero-order valence-electron chi connectivity index (χ0n) is 8.61. The monoisotopic (exact) mass is 232 g/mol. The Morgan fingerprint density at radius 2 is 1.75 bits per heavy atom. The van der Waals surface area contributed by atoms with E-state index in [0.29, 0.717) is 12.0 Å². The van der Waals surface area contributed by atoms with Crippen LogP contribution in [0.25, 0.3) is 0 Å². The van der Waals surface area contributed by atoms with Crippen molar-refractivity contribution in [2.45, 2.75) is 25.0 Å². The predicted octanol–water partition coefficient (Wildman–Crippen LogP) is 0.612. The summed E-state index contributed by atoms with van der Waals surface area (Å²) in [5.74, 6) is -1.85. The molecule has 0 aromatic heterocycles. The second kappa shape index (κ2) is 5.89. The zero-order chi connectivity index (χ0) is 12.1. The van der Waals surface area contributed by atoms with E-state index in [4.69, 9.17) is 10.2 Å². The van der Waals surface area contributed by atoms with E-state index in [-0.39, 0.29) is 6.42 Å². The van der Waals surface area contributed by atoms with Gasteiger partial charge < -0.3 is 15.3 Å². The van der Waals surface area contributed by atoms with Crippen LogP contribution < -0.4 is 0 Å². The van der Waals surface area contributed by atoms with Crippen molar-refractivity contribution in [3.63, 3.8) is 0 Å². The summed E-state index contributed by atoms with van der Waals surface area (Å²) in [4.78, 5) is 0. The first kappa shape index (κ1) is 13.0. The first-order chi connectivity index (χ1) is 7.54. The third-order valence-electron chi connectivity index (χ3n) is 2.34. The van der Waals surface area contributed by atoms with Crippen molar-refractivity contribution in [3.8, 4) is 0 Å². The fourth-order valence-electron chi connectivity index (χ4n) is 1.32. The molecule has 0 aliphatic rings. The molecule has 2 atom stereocenters. The summed E-state index contributed by atoms with van der Waals surface area (Å²) in [6.45, 7) is -0.529. The fourth-order valence-corrected chi connectivity index (χ4v) is 1.32. The number of hydrogen-bond donors (Lipinski definition) is 3. The maximum atomic E-state index is 12.8. The number of hydrogen-bond acceptors (Lipinski definition) is 3. The molecular formula is C11H14F2O3. The minimum Gasteiger partial charge on any atom is -0.394 e. The highest BCUT2D eigenvalue weighted by Gasteiger charge is 2.15. The summed E-state index contributed by atoms with van der Waals surface area (Å²) in [5.41, 5.74) is 0.531. The van der Waals surface area contributed by atoms with E-state index in [0.717, 1.165) is 12.1 Å². The van der Waals surface area contributed by atoms with Gasteiger partial charge in [-0.1, -0.05) is 6.07 Å². The second-order valence-electron chi connectivity index (χ2n) is 3.60. The molecule has 0 aliphatic carbocycles. The van der Waals surface area contributed by atoms with Gasteiger partial charge in [-0.15, -0.1) is 0 Å². The van der Waals surface area contributed by atoms with Gasteiger partial charge in [0, 0.05) is 0 Å². The maximum Gasteiger partial charge on any atom is 0.159 e. The van der Waals surface area contributed by atoms with Crippen LogP contribution >= 0.6 is 0 Å². The third kappa shape index (κ3) is 3.52. The van der Waals surface area contributed by atoms with Crippen LogP contribution in [-0.4, -0.2) is 34.1 Å². The van der Waals surface area contributed by atoms with Crippen molar-refractivity contribution in [3.05, 3.63) is 35.4 Å². The molecule has 16 heavy (non-hydrogen) atoms. The van der Waals surface area contributed by atoms with E-state index in [1.54, 1.807) is 0 Å². The van der Waals surface area contributed by atoms with Gasteiger partial charge in [-0.25, -0.2) is 8.78 Å². The van der Waals surface area contributed by atoms with E-state index < -0.39 is 30.4 Å². The molecule has 0 heterocycles. The number of aliphatic hydroxyl groups is 3. The van der Waals surface area contributed by atoms with E-state index in [2.05, 4.69) is 0 Å². The molecule has 0 saturated carbocycles. The van der Waals surface area contributed by atoms with E-state index in [9.17, 15) is 13.9 Å². The number of aliphatic hydroxyl groups excluding tert-OH is 3. The molecule has 0 saturated heterocycles. The van der Waals surface area contributed by atoms with Crippen molar-refractivity contribution >= 4 is 0 Å². The van der Waals surface area contributed by atoms with Crippen LogP contribution in [0.3, 0.4) is 0 Å². The molecule has 3 nitrogen and oxygen atoms in total. The minimum absolute atomic E-state index is 0.173. The summed E-state index contributed by atoms with van der Waals surface area (Å²) < 4.78 is 25.4. The second-order valence-corrected chi connectivity index (χ2v) is 3.60. The molecule has 90 valence electrons. The van der Waals surface area contributed by atoms with Crippen LogP contribution in [0.5, 0.6) is 0 Å². The van der Waals surface area contributed by atoms with Gasteiger partial charge in [0.2, 0.25) is 0 Å². The molecular weight excluding hydrogens is 218 g/mol. The van der Waals surface area contributed by atoms with Crippen LogP contribution in [0.1, 0.15) is 12.0 Å². The van der Waals surface area contributed by atoms with Crippen molar-refractivity contribution in [2.75, 3.05) is 6.61 Å². The normalized spacial score (nSPS) is 14.8. The standard InChI is InChI=1S/C11H14F2O3/c12-8-3-1-7(5-9(8)13)2-4-10(15)11(16)6-14/h1,3,5,10-11,14-16H,2,4,6H2. The Bertz CT molecular complexity index is 344. The number of benzene rings is 1. The fraction of sp³-hybridized carbons (Fsp3) is 0.455. The van der Waals surface area contributed by atoms with Gasteiger partial charge in [0.05, 0.1) is 12.7 Å². The summed E-state index contributed by atoms with van der Waals surface area (Å²) >= 11 is 0. The molecule has 0 amide bonds. The molecule has 0 spiro atoms. The molecule has 0 bridgehead atoms. The van der Waals surface area contributed by atoms with Crippen LogP contribution in [0.4, 0.5) is 8.78 Å².